The van der Waals surface area contributed by atoms with E-state index in [9.17, 15) is 0 Å². The van der Waals surface area contributed by atoms with E-state index in [4.69, 9.17) is 10.5 Å². The molecule has 0 bridgehead atoms. The van der Waals surface area contributed by atoms with Crippen molar-refractivity contribution in [2.75, 3.05) is 13.7 Å². The van der Waals surface area contributed by atoms with Crippen LogP contribution in [-0.2, 0) is 17.6 Å². The molecule has 0 aliphatic rings. The first kappa shape index (κ1) is 12.1. The molecular weight excluding hydrogens is 190 g/mol. The van der Waals surface area contributed by atoms with Crippen molar-refractivity contribution in [2.24, 2.45) is 5.73 Å². The molecule has 0 amide bonds. The minimum absolute atomic E-state index is 0.190. The molecule has 0 saturated carbocycles. The van der Waals surface area contributed by atoms with Gasteiger partial charge in [0.05, 0.1) is 6.61 Å². The van der Waals surface area contributed by atoms with Crippen molar-refractivity contribution in [3.8, 4) is 0 Å². The van der Waals surface area contributed by atoms with Crippen molar-refractivity contribution in [1.29, 1.82) is 0 Å². The van der Waals surface area contributed by atoms with Crippen LogP contribution < -0.4 is 5.73 Å². The summed E-state index contributed by atoms with van der Waals surface area (Å²) in [4.78, 5) is 8.61. The lowest BCUT2D eigenvalue weighted by molar-refractivity contribution is 0.200. The molecule has 4 heteroatoms. The molecule has 84 valence electrons. The van der Waals surface area contributed by atoms with E-state index in [0.29, 0.717) is 6.61 Å². The third kappa shape index (κ3) is 4.36. The van der Waals surface area contributed by atoms with Crippen LogP contribution in [0.3, 0.4) is 0 Å². The molecule has 1 aromatic heterocycles. The van der Waals surface area contributed by atoms with Gasteiger partial charge in [-0.05, 0) is 12.5 Å². The van der Waals surface area contributed by atoms with E-state index in [2.05, 4.69) is 16.9 Å². The predicted octanol–water partition coefficient (Wildman–Crippen LogP) is 0.945. The molecule has 1 heterocycles. The molecule has 1 atom stereocenters. The number of rotatable bonds is 6. The van der Waals surface area contributed by atoms with Crippen LogP contribution in [0, 0.1) is 0 Å². The van der Waals surface area contributed by atoms with Gasteiger partial charge in [-0.1, -0.05) is 6.92 Å². The van der Waals surface area contributed by atoms with E-state index in [-0.39, 0.29) is 6.04 Å². The molecule has 0 spiro atoms. The number of hydrogen-bond acceptors (Lipinski definition) is 4. The summed E-state index contributed by atoms with van der Waals surface area (Å²) < 4.78 is 4.98. The number of nitrogens with two attached hydrogens (primary N) is 1. The SMILES string of the molecule is CCC(N)Cc1ccnc(CCOC)n1. The first-order chi connectivity index (χ1) is 7.26. The number of ether oxygens (including phenoxy) is 1. The molecule has 1 rings (SSSR count). The topological polar surface area (TPSA) is 61.0 Å². The van der Waals surface area contributed by atoms with Crippen molar-refractivity contribution < 1.29 is 4.74 Å². The fraction of sp³-hybridized carbons (Fsp3) is 0.636. The van der Waals surface area contributed by atoms with Crippen LogP contribution in [0.1, 0.15) is 24.9 Å². The molecule has 0 fully saturated rings. The Morgan fingerprint density at radius 2 is 2.33 bits per heavy atom. The number of aromatic nitrogens is 2. The first-order valence-electron chi connectivity index (χ1n) is 5.31. The highest BCUT2D eigenvalue weighted by Crippen LogP contribution is 2.02. The lowest BCUT2D eigenvalue weighted by Crippen LogP contribution is -2.22. The maximum absolute atomic E-state index is 5.87. The van der Waals surface area contributed by atoms with E-state index < -0.39 is 0 Å². The van der Waals surface area contributed by atoms with Crippen LogP contribution in [0.15, 0.2) is 12.3 Å². The number of methoxy groups -OCH3 is 1. The summed E-state index contributed by atoms with van der Waals surface area (Å²) in [5.74, 6) is 0.831. The quantitative estimate of drug-likeness (QED) is 0.757. The Balaban J connectivity index is 2.57. The van der Waals surface area contributed by atoms with Gasteiger partial charge >= 0.3 is 0 Å². The summed E-state index contributed by atoms with van der Waals surface area (Å²) in [5.41, 5.74) is 6.89. The molecular formula is C11H19N3O. The third-order valence-electron chi connectivity index (χ3n) is 2.29. The van der Waals surface area contributed by atoms with Crippen LogP contribution in [0.5, 0.6) is 0 Å². The van der Waals surface area contributed by atoms with Crippen LogP contribution in [0.25, 0.3) is 0 Å². The highest BCUT2D eigenvalue weighted by molar-refractivity contribution is 5.04. The summed E-state index contributed by atoms with van der Waals surface area (Å²) in [6.45, 7) is 2.74. The normalized spacial score (nSPS) is 12.7. The molecule has 2 N–H and O–H groups in total. The number of hydrogen-bond donors (Lipinski definition) is 1. The Labute approximate surface area is 90.9 Å². The van der Waals surface area contributed by atoms with Crippen molar-refractivity contribution in [3.05, 3.63) is 23.8 Å². The molecule has 0 saturated heterocycles. The zero-order valence-corrected chi connectivity index (χ0v) is 9.44. The van der Waals surface area contributed by atoms with Crippen molar-refractivity contribution >= 4 is 0 Å². The lowest BCUT2D eigenvalue weighted by atomic mass is 10.1. The van der Waals surface area contributed by atoms with Crippen molar-refractivity contribution in [3.63, 3.8) is 0 Å². The van der Waals surface area contributed by atoms with E-state index in [0.717, 1.165) is 30.8 Å². The molecule has 1 unspecified atom stereocenters. The average molecular weight is 209 g/mol. The Bertz CT molecular complexity index is 291. The smallest absolute Gasteiger partial charge is 0.130 e. The van der Waals surface area contributed by atoms with Crippen LogP contribution in [0.2, 0.25) is 0 Å². The van der Waals surface area contributed by atoms with Crippen LogP contribution in [-0.4, -0.2) is 29.7 Å². The summed E-state index contributed by atoms with van der Waals surface area (Å²) in [7, 11) is 1.68. The molecule has 0 aromatic carbocycles. The van der Waals surface area contributed by atoms with Gasteiger partial charge in [0.15, 0.2) is 0 Å². The summed E-state index contributed by atoms with van der Waals surface area (Å²) in [5, 5.41) is 0. The van der Waals surface area contributed by atoms with E-state index in [1.54, 1.807) is 13.3 Å². The molecule has 1 aromatic rings. The summed E-state index contributed by atoms with van der Waals surface area (Å²) in [6, 6.07) is 2.11. The number of nitrogens with zero attached hydrogens (tertiary/aromatic N) is 2. The van der Waals surface area contributed by atoms with Gasteiger partial charge < -0.3 is 10.5 Å². The largest absolute Gasteiger partial charge is 0.384 e. The Hall–Kier alpha value is -1.00. The molecule has 0 aliphatic carbocycles. The first-order valence-corrected chi connectivity index (χ1v) is 5.31. The van der Waals surface area contributed by atoms with E-state index in [1.165, 1.54) is 0 Å². The fourth-order valence-corrected chi connectivity index (χ4v) is 1.28. The van der Waals surface area contributed by atoms with Gasteiger partial charge in [0.1, 0.15) is 5.82 Å². The monoisotopic (exact) mass is 209 g/mol. The zero-order chi connectivity index (χ0) is 11.1. The maximum Gasteiger partial charge on any atom is 0.130 e. The van der Waals surface area contributed by atoms with Gasteiger partial charge in [0.25, 0.3) is 0 Å². The summed E-state index contributed by atoms with van der Waals surface area (Å²) in [6.07, 6.45) is 4.33. The predicted molar refractivity (Wildman–Crippen MR) is 59.6 cm³/mol. The van der Waals surface area contributed by atoms with Gasteiger partial charge in [0.2, 0.25) is 0 Å². The van der Waals surface area contributed by atoms with Crippen LogP contribution in [0.4, 0.5) is 0 Å². The second kappa shape index (κ2) is 6.48. The fourth-order valence-electron chi connectivity index (χ4n) is 1.28. The van der Waals surface area contributed by atoms with E-state index in [1.807, 2.05) is 6.07 Å². The second-order valence-corrected chi connectivity index (χ2v) is 3.58. The molecule has 15 heavy (non-hydrogen) atoms. The van der Waals surface area contributed by atoms with Gasteiger partial charge in [0, 0.05) is 37.9 Å². The Kier molecular flexibility index (Phi) is 5.21. The van der Waals surface area contributed by atoms with Gasteiger partial charge in [-0.3, -0.25) is 0 Å². The Morgan fingerprint density at radius 1 is 1.53 bits per heavy atom. The minimum atomic E-state index is 0.190. The lowest BCUT2D eigenvalue weighted by Gasteiger charge is -2.08. The standard InChI is InChI=1S/C11H19N3O/c1-3-9(12)8-10-4-6-13-11(14-10)5-7-15-2/h4,6,9H,3,5,7-8,12H2,1-2H3. The van der Waals surface area contributed by atoms with Crippen molar-refractivity contribution in [2.45, 2.75) is 32.2 Å². The highest BCUT2D eigenvalue weighted by Gasteiger charge is 2.04. The molecule has 0 aliphatic heterocycles. The summed E-state index contributed by atoms with van der Waals surface area (Å²) >= 11 is 0. The van der Waals surface area contributed by atoms with Crippen LogP contribution >= 0.6 is 0 Å². The average Bonchev–Trinajstić information content (AvgIpc) is 2.26. The van der Waals surface area contributed by atoms with Gasteiger partial charge in [-0.2, -0.15) is 0 Å². The highest BCUT2D eigenvalue weighted by atomic mass is 16.5. The zero-order valence-electron chi connectivity index (χ0n) is 9.44. The molecule has 0 radical (unpaired) electrons. The molecule has 4 nitrogen and oxygen atoms in total. The maximum atomic E-state index is 5.87. The van der Waals surface area contributed by atoms with Crippen molar-refractivity contribution in [1.82, 2.24) is 9.97 Å². The van der Waals surface area contributed by atoms with Gasteiger partial charge in [-0.15, -0.1) is 0 Å². The Morgan fingerprint density at radius 3 is 3.00 bits per heavy atom. The second-order valence-electron chi connectivity index (χ2n) is 3.58. The minimum Gasteiger partial charge on any atom is -0.384 e. The van der Waals surface area contributed by atoms with Gasteiger partial charge in [-0.25, -0.2) is 9.97 Å². The van der Waals surface area contributed by atoms with E-state index >= 15 is 0 Å². The third-order valence-corrected chi connectivity index (χ3v) is 2.29.